The molecule has 0 aliphatic heterocycles. The number of rotatable bonds is 4. The normalized spacial score (nSPS) is 10.4. The van der Waals surface area contributed by atoms with Crippen molar-refractivity contribution in [2.75, 3.05) is 11.6 Å². The summed E-state index contributed by atoms with van der Waals surface area (Å²) >= 11 is 5.81. The summed E-state index contributed by atoms with van der Waals surface area (Å²) in [6, 6.07) is 13.8. The Balaban J connectivity index is 1.93. The molecule has 94 valence electrons. The van der Waals surface area contributed by atoms with E-state index >= 15 is 0 Å². The molecule has 0 aliphatic carbocycles. The fourth-order valence-corrected chi connectivity index (χ4v) is 1.79. The van der Waals surface area contributed by atoms with Crippen LogP contribution in [0.5, 0.6) is 0 Å². The lowest BCUT2D eigenvalue weighted by molar-refractivity contribution is 0.627. The minimum absolute atomic E-state index is 0.259. The van der Waals surface area contributed by atoms with Gasteiger partial charge in [0.1, 0.15) is 5.82 Å². The Kier molecular flexibility index (Phi) is 4.18. The number of hydrogen-bond acceptors (Lipinski definition) is 2. The van der Waals surface area contributed by atoms with E-state index < -0.39 is 0 Å². The summed E-state index contributed by atoms with van der Waals surface area (Å²) in [5.74, 6) is 5.65. The average molecular weight is 265 g/mol. The number of hydrogen-bond donors (Lipinski definition) is 1. The summed E-state index contributed by atoms with van der Waals surface area (Å²) in [4.78, 5) is 0. The smallest absolute Gasteiger partial charge is 0.123 e. The lowest BCUT2D eigenvalue weighted by Crippen LogP contribution is -2.32. The Morgan fingerprint density at radius 2 is 1.61 bits per heavy atom. The van der Waals surface area contributed by atoms with Crippen molar-refractivity contribution in [2.24, 2.45) is 5.84 Å². The van der Waals surface area contributed by atoms with Crippen LogP contribution in [0.25, 0.3) is 0 Å². The van der Waals surface area contributed by atoms with E-state index in [1.54, 1.807) is 17.1 Å². The van der Waals surface area contributed by atoms with Crippen molar-refractivity contribution in [3.8, 4) is 0 Å². The molecule has 0 radical (unpaired) electrons. The average Bonchev–Trinajstić information content (AvgIpc) is 2.38. The van der Waals surface area contributed by atoms with Gasteiger partial charge in [0.25, 0.3) is 0 Å². The second kappa shape index (κ2) is 5.85. The molecule has 0 unspecified atom stereocenters. The molecule has 4 heteroatoms. The van der Waals surface area contributed by atoms with Crippen molar-refractivity contribution in [1.29, 1.82) is 0 Å². The van der Waals surface area contributed by atoms with E-state index in [2.05, 4.69) is 0 Å². The summed E-state index contributed by atoms with van der Waals surface area (Å²) in [6.45, 7) is 0.660. The molecule has 0 spiro atoms. The van der Waals surface area contributed by atoms with Gasteiger partial charge in [0.15, 0.2) is 0 Å². The van der Waals surface area contributed by atoms with Crippen LogP contribution in [0.1, 0.15) is 5.56 Å². The van der Waals surface area contributed by atoms with Crippen LogP contribution in [0.2, 0.25) is 5.02 Å². The summed E-state index contributed by atoms with van der Waals surface area (Å²) in [5.41, 5.74) is 1.96. The standard InChI is InChI=1S/C14H14ClFN2/c15-12-3-1-11(2-4-12)9-10-18(17)14-7-5-13(16)6-8-14/h1-8H,9-10,17H2. The zero-order valence-electron chi connectivity index (χ0n) is 9.81. The molecule has 0 saturated carbocycles. The molecule has 0 aliphatic rings. The Labute approximate surface area is 111 Å². The number of hydrazine groups is 1. The third kappa shape index (κ3) is 3.45. The van der Waals surface area contributed by atoms with Crippen molar-refractivity contribution in [3.05, 3.63) is 64.9 Å². The van der Waals surface area contributed by atoms with Crippen LogP contribution in [-0.4, -0.2) is 6.54 Å². The van der Waals surface area contributed by atoms with E-state index in [4.69, 9.17) is 17.4 Å². The first-order valence-electron chi connectivity index (χ1n) is 5.67. The van der Waals surface area contributed by atoms with Crippen molar-refractivity contribution in [3.63, 3.8) is 0 Å². The van der Waals surface area contributed by atoms with E-state index in [9.17, 15) is 4.39 Å². The van der Waals surface area contributed by atoms with Gasteiger partial charge in [0, 0.05) is 11.6 Å². The Morgan fingerprint density at radius 3 is 2.22 bits per heavy atom. The topological polar surface area (TPSA) is 29.3 Å². The van der Waals surface area contributed by atoms with E-state index in [0.717, 1.165) is 22.7 Å². The molecule has 0 atom stereocenters. The molecule has 0 fully saturated rings. The fraction of sp³-hybridized carbons (Fsp3) is 0.143. The van der Waals surface area contributed by atoms with Gasteiger partial charge < -0.3 is 5.01 Å². The van der Waals surface area contributed by atoms with Gasteiger partial charge >= 0.3 is 0 Å². The first kappa shape index (κ1) is 12.9. The number of nitrogens with two attached hydrogens (primary N) is 1. The largest absolute Gasteiger partial charge is 0.311 e. The predicted molar refractivity (Wildman–Crippen MR) is 73.1 cm³/mol. The van der Waals surface area contributed by atoms with Crippen LogP contribution < -0.4 is 10.9 Å². The number of halogens is 2. The summed E-state index contributed by atoms with van der Waals surface area (Å²) in [5, 5.41) is 2.33. The second-order valence-electron chi connectivity index (χ2n) is 4.05. The molecule has 0 bridgehead atoms. The maximum absolute atomic E-state index is 12.8. The lowest BCUT2D eigenvalue weighted by atomic mass is 10.1. The van der Waals surface area contributed by atoms with Gasteiger partial charge in [-0.1, -0.05) is 23.7 Å². The van der Waals surface area contributed by atoms with Gasteiger partial charge in [0.2, 0.25) is 0 Å². The summed E-state index contributed by atoms with van der Waals surface area (Å²) in [7, 11) is 0. The van der Waals surface area contributed by atoms with Crippen LogP contribution in [0, 0.1) is 5.82 Å². The SMILES string of the molecule is NN(CCc1ccc(Cl)cc1)c1ccc(F)cc1. The molecule has 2 N–H and O–H groups in total. The Morgan fingerprint density at radius 1 is 1.00 bits per heavy atom. The number of nitrogens with zero attached hydrogens (tertiary/aromatic N) is 1. The maximum atomic E-state index is 12.8. The monoisotopic (exact) mass is 264 g/mol. The number of anilines is 1. The molecule has 18 heavy (non-hydrogen) atoms. The maximum Gasteiger partial charge on any atom is 0.123 e. The van der Waals surface area contributed by atoms with Crippen molar-refractivity contribution in [2.45, 2.75) is 6.42 Å². The number of benzene rings is 2. The van der Waals surface area contributed by atoms with Gasteiger partial charge in [-0.05, 0) is 48.4 Å². The van der Waals surface area contributed by atoms with E-state index in [0.29, 0.717) is 6.54 Å². The molecule has 2 nitrogen and oxygen atoms in total. The van der Waals surface area contributed by atoms with Crippen molar-refractivity contribution in [1.82, 2.24) is 0 Å². The third-order valence-electron chi connectivity index (χ3n) is 2.71. The van der Waals surface area contributed by atoms with Crippen molar-refractivity contribution >= 4 is 17.3 Å². The quantitative estimate of drug-likeness (QED) is 0.677. The van der Waals surface area contributed by atoms with Gasteiger partial charge in [-0.2, -0.15) is 0 Å². The van der Waals surface area contributed by atoms with Gasteiger partial charge in [-0.15, -0.1) is 0 Å². The fourth-order valence-electron chi connectivity index (χ4n) is 1.66. The highest BCUT2D eigenvalue weighted by atomic mass is 35.5. The molecule has 0 amide bonds. The highest BCUT2D eigenvalue weighted by Gasteiger charge is 2.02. The van der Waals surface area contributed by atoms with Gasteiger partial charge in [-0.3, -0.25) is 0 Å². The van der Waals surface area contributed by atoms with Gasteiger partial charge in [0.05, 0.1) is 5.69 Å². The molecular formula is C14H14ClFN2. The minimum Gasteiger partial charge on any atom is -0.311 e. The summed E-state index contributed by atoms with van der Waals surface area (Å²) in [6.07, 6.45) is 0.811. The van der Waals surface area contributed by atoms with Crippen LogP contribution in [0.3, 0.4) is 0 Å². The molecule has 2 aromatic carbocycles. The molecule has 0 heterocycles. The molecule has 0 aromatic heterocycles. The van der Waals surface area contributed by atoms with Gasteiger partial charge in [-0.25, -0.2) is 10.2 Å². The minimum atomic E-state index is -0.259. The molecule has 0 saturated heterocycles. The van der Waals surface area contributed by atoms with Crippen LogP contribution >= 0.6 is 11.6 Å². The van der Waals surface area contributed by atoms with E-state index in [-0.39, 0.29) is 5.82 Å². The van der Waals surface area contributed by atoms with E-state index in [1.807, 2.05) is 24.3 Å². The van der Waals surface area contributed by atoms with Crippen LogP contribution in [0.4, 0.5) is 10.1 Å². The Hall–Kier alpha value is -1.58. The zero-order valence-corrected chi connectivity index (χ0v) is 10.6. The molecule has 2 aromatic rings. The second-order valence-corrected chi connectivity index (χ2v) is 4.48. The predicted octanol–water partition coefficient (Wildman–Crippen LogP) is 3.40. The third-order valence-corrected chi connectivity index (χ3v) is 2.96. The highest BCUT2D eigenvalue weighted by Crippen LogP contribution is 2.13. The lowest BCUT2D eigenvalue weighted by Gasteiger charge is -2.18. The van der Waals surface area contributed by atoms with E-state index in [1.165, 1.54) is 12.1 Å². The van der Waals surface area contributed by atoms with Crippen LogP contribution in [-0.2, 0) is 6.42 Å². The molecular weight excluding hydrogens is 251 g/mol. The van der Waals surface area contributed by atoms with Crippen LogP contribution in [0.15, 0.2) is 48.5 Å². The van der Waals surface area contributed by atoms with Crippen molar-refractivity contribution < 1.29 is 4.39 Å². The first-order chi connectivity index (χ1) is 8.65. The first-order valence-corrected chi connectivity index (χ1v) is 6.05. The summed E-state index contributed by atoms with van der Waals surface area (Å²) < 4.78 is 12.8. The Bertz CT molecular complexity index is 496. The zero-order chi connectivity index (χ0) is 13.0. The molecule has 2 rings (SSSR count). The highest BCUT2D eigenvalue weighted by molar-refractivity contribution is 6.30.